The quantitative estimate of drug-likeness (QED) is 0.736. The molecule has 0 heterocycles. The fourth-order valence-electron chi connectivity index (χ4n) is 2.52. The summed E-state index contributed by atoms with van der Waals surface area (Å²) in [5.74, 6) is -1.15. The van der Waals surface area contributed by atoms with Gasteiger partial charge < -0.3 is 11.1 Å². The summed E-state index contributed by atoms with van der Waals surface area (Å²) < 4.78 is 38.3. The van der Waals surface area contributed by atoms with Crippen molar-refractivity contribution in [3.05, 3.63) is 77.4 Å². The third-order valence-corrected chi connectivity index (χ3v) is 3.83. The highest BCUT2D eigenvalue weighted by Crippen LogP contribution is 2.30. The molecule has 0 radical (unpaired) electrons. The largest absolute Gasteiger partial charge is 0.416 e. The van der Waals surface area contributed by atoms with Gasteiger partial charge >= 0.3 is 6.18 Å². The normalized spacial score (nSPS) is 11.3. The summed E-state index contributed by atoms with van der Waals surface area (Å²) in [6.45, 7) is 0. The third kappa shape index (κ3) is 3.66. The van der Waals surface area contributed by atoms with Gasteiger partial charge in [0.25, 0.3) is 5.91 Å². The molecule has 4 nitrogen and oxygen atoms in total. The Bertz CT molecular complexity index is 1010. The van der Waals surface area contributed by atoms with Crippen LogP contribution in [0.2, 0.25) is 0 Å². The van der Waals surface area contributed by atoms with Crippen molar-refractivity contribution in [3.63, 3.8) is 0 Å². The van der Waals surface area contributed by atoms with Crippen molar-refractivity contribution in [2.45, 2.75) is 6.18 Å². The van der Waals surface area contributed by atoms with Gasteiger partial charge in [0.05, 0.1) is 5.56 Å². The highest BCUT2D eigenvalue weighted by atomic mass is 19.4. The van der Waals surface area contributed by atoms with Crippen LogP contribution in [0.4, 0.5) is 18.9 Å². The Morgan fingerprint density at radius 3 is 2.15 bits per heavy atom. The van der Waals surface area contributed by atoms with Gasteiger partial charge in [0.15, 0.2) is 0 Å². The molecule has 0 fully saturated rings. The topological polar surface area (TPSA) is 72.2 Å². The second kappa shape index (κ2) is 6.51. The van der Waals surface area contributed by atoms with E-state index in [0.29, 0.717) is 10.9 Å². The maximum absolute atomic E-state index is 12.8. The van der Waals surface area contributed by atoms with Crippen molar-refractivity contribution in [2.75, 3.05) is 5.32 Å². The SMILES string of the molecule is NC(=O)c1ccc2ccc(C(=O)Nc3cccc(C(F)(F)F)c3)cc2c1. The number of carbonyl (C=O) groups is 2. The zero-order valence-electron chi connectivity index (χ0n) is 13.3. The van der Waals surface area contributed by atoms with Gasteiger partial charge in [-0.1, -0.05) is 18.2 Å². The minimum absolute atomic E-state index is 0.0378. The number of alkyl halides is 3. The first-order valence-electron chi connectivity index (χ1n) is 7.56. The maximum atomic E-state index is 12.8. The molecule has 0 aliphatic heterocycles. The number of hydrogen-bond acceptors (Lipinski definition) is 2. The van der Waals surface area contributed by atoms with Crippen LogP contribution < -0.4 is 11.1 Å². The van der Waals surface area contributed by atoms with Crippen LogP contribution in [0.25, 0.3) is 10.8 Å². The molecular weight excluding hydrogens is 345 g/mol. The van der Waals surface area contributed by atoms with Gasteiger partial charge in [-0.2, -0.15) is 13.2 Å². The Kier molecular flexibility index (Phi) is 4.38. The molecule has 3 N–H and O–H groups in total. The number of primary amides is 1. The number of fused-ring (bicyclic) bond motifs is 1. The molecule has 132 valence electrons. The van der Waals surface area contributed by atoms with Crippen LogP contribution in [0.5, 0.6) is 0 Å². The highest BCUT2D eigenvalue weighted by molar-refractivity contribution is 6.07. The van der Waals surface area contributed by atoms with Crippen molar-refractivity contribution in [3.8, 4) is 0 Å². The van der Waals surface area contributed by atoms with Crippen LogP contribution in [0.3, 0.4) is 0 Å². The second-order valence-corrected chi connectivity index (χ2v) is 5.67. The lowest BCUT2D eigenvalue weighted by Crippen LogP contribution is -2.13. The van der Waals surface area contributed by atoms with E-state index >= 15 is 0 Å². The van der Waals surface area contributed by atoms with E-state index in [0.717, 1.165) is 17.5 Å². The van der Waals surface area contributed by atoms with Gasteiger partial charge in [-0.3, -0.25) is 9.59 Å². The lowest BCUT2D eigenvalue weighted by Gasteiger charge is -2.10. The molecular formula is C19H13F3N2O2. The van der Waals surface area contributed by atoms with Crippen molar-refractivity contribution < 1.29 is 22.8 Å². The molecule has 0 aromatic heterocycles. The van der Waals surface area contributed by atoms with Crippen molar-refractivity contribution in [2.24, 2.45) is 5.73 Å². The van der Waals surface area contributed by atoms with Gasteiger partial charge in [-0.05, 0) is 53.2 Å². The number of anilines is 1. The fourth-order valence-corrected chi connectivity index (χ4v) is 2.52. The molecule has 0 saturated carbocycles. The van der Waals surface area contributed by atoms with E-state index in [2.05, 4.69) is 5.32 Å². The minimum Gasteiger partial charge on any atom is -0.366 e. The van der Waals surface area contributed by atoms with E-state index in [1.54, 1.807) is 36.4 Å². The summed E-state index contributed by atoms with van der Waals surface area (Å²) in [6.07, 6.45) is -4.49. The monoisotopic (exact) mass is 358 g/mol. The molecule has 0 spiro atoms. The van der Waals surface area contributed by atoms with Crippen LogP contribution in [-0.4, -0.2) is 11.8 Å². The number of amides is 2. The second-order valence-electron chi connectivity index (χ2n) is 5.67. The molecule has 2 amide bonds. The van der Waals surface area contributed by atoms with Crippen molar-refractivity contribution >= 4 is 28.3 Å². The summed E-state index contributed by atoms with van der Waals surface area (Å²) >= 11 is 0. The molecule has 3 rings (SSSR count). The number of nitrogens with two attached hydrogens (primary N) is 1. The molecule has 0 unspecified atom stereocenters. The lowest BCUT2D eigenvalue weighted by atomic mass is 10.0. The van der Waals surface area contributed by atoms with Crippen LogP contribution in [0, 0.1) is 0 Å². The van der Waals surface area contributed by atoms with Crippen LogP contribution in [-0.2, 0) is 6.18 Å². The number of rotatable bonds is 3. The summed E-state index contributed by atoms with van der Waals surface area (Å²) in [5, 5.41) is 3.86. The van der Waals surface area contributed by atoms with Crippen molar-refractivity contribution in [1.29, 1.82) is 0 Å². The Balaban J connectivity index is 1.89. The number of carbonyl (C=O) groups excluding carboxylic acids is 2. The van der Waals surface area contributed by atoms with Gasteiger partial charge in [0, 0.05) is 16.8 Å². The molecule has 7 heteroatoms. The van der Waals surface area contributed by atoms with E-state index in [1.165, 1.54) is 12.1 Å². The number of hydrogen-bond donors (Lipinski definition) is 2. The van der Waals surface area contributed by atoms with Crippen LogP contribution in [0.15, 0.2) is 60.7 Å². The first-order chi connectivity index (χ1) is 12.2. The first-order valence-corrected chi connectivity index (χ1v) is 7.56. The summed E-state index contributed by atoms with van der Waals surface area (Å²) in [6, 6.07) is 14.0. The highest BCUT2D eigenvalue weighted by Gasteiger charge is 2.30. The summed E-state index contributed by atoms with van der Waals surface area (Å²) in [7, 11) is 0. The molecule has 3 aromatic rings. The third-order valence-electron chi connectivity index (χ3n) is 3.83. The predicted molar refractivity (Wildman–Crippen MR) is 91.9 cm³/mol. The zero-order valence-corrected chi connectivity index (χ0v) is 13.3. The number of benzene rings is 3. The molecule has 0 bridgehead atoms. The molecule has 26 heavy (non-hydrogen) atoms. The van der Waals surface area contributed by atoms with Gasteiger partial charge in [0.2, 0.25) is 5.91 Å². The molecule has 0 atom stereocenters. The number of halogens is 3. The summed E-state index contributed by atoms with van der Waals surface area (Å²) in [4.78, 5) is 23.6. The van der Waals surface area contributed by atoms with Gasteiger partial charge in [-0.15, -0.1) is 0 Å². The Morgan fingerprint density at radius 2 is 1.50 bits per heavy atom. The average Bonchev–Trinajstić information content (AvgIpc) is 2.60. The number of nitrogens with one attached hydrogen (secondary N) is 1. The standard InChI is InChI=1S/C19H13F3N2O2/c20-19(21,22)15-2-1-3-16(10-15)24-18(26)13-7-5-11-4-6-12(17(23)25)8-14(11)9-13/h1-10H,(H2,23,25)(H,24,26). The summed E-state index contributed by atoms with van der Waals surface area (Å²) in [5.41, 5.74) is 4.98. The van der Waals surface area contributed by atoms with Crippen LogP contribution >= 0.6 is 0 Å². The zero-order chi connectivity index (χ0) is 18.9. The molecule has 0 saturated heterocycles. The van der Waals surface area contributed by atoms with E-state index < -0.39 is 23.6 Å². The molecule has 3 aromatic carbocycles. The van der Waals surface area contributed by atoms with E-state index in [4.69, 9.17) is 5.73 Å². The Labute approximate surface area is 146 Å². The maximum Gasteiger partial charge on any atom is 0.416 e. The van der Waals surface area contributed by atoms with E-state index in [-0.39, 0.29) is 11.3 Å². The van der Waals surface area contributed by atoms with E-state index in [9.17, 15) is 22.8 Å². The van der Waals surface area contributed by atoms with Gasteiger partial charge in [-0.25, -0.2) is 0 Å². The van der Waals surface area contributed by atoms with Crippen LogP contribution in [0.1, 0.15) is 26.3 Å². The lowest BCUT2D eigenvalue weighted by molar-refractivity contribution is -0.137. The molecule has 0 aliphatic carbocycles. The predicted octanol–water partition coefficient (Wildman–Crippen LogP) is 4.21. The van der Waals surface area contributed by atoms with Crippen molar-refractivity contribution in [1.82, 2.24) is 0 Å². The first kappa shape index (κ1) is 17.5. The molecule has 0 aliphatic rings. The van der Waals surface area contributed by atoms with Gasteiger partial charge in [0.1, 0.15) is 0 Å². The fraction of sp³-hybridized carbons (Fsp3) is 0.0526. The minimum atomic E-state index is -4.49. The Hall–Kier alpha value is -3.35. The Morgan fingerprint density at radius 1 is 0.846 bits per heavy atom. The average molecular weight is 358 g/mol. The van der Waals surface area contributed by atoms with E-state index in [1.807, 2.05) is 0 Å². The smallest absolute Gasteiger partial charge is 0.366 e.